The Morgan fingerprint density at radius 2 is 1.11 bits per heavy atom. The summed E-state index contributed by atoms with van der Waals surface area (Å²) in [5.74, 6) is -0.362. The molecule has 0 radical (unpaired) electrons. The molecule has 0 saturated carbocycles. The van der Waals surface area contributed by atoms with E-state index in [1.54, 1.807) is 48.5 Å². The number of hydrazone groups is 2. The lowest BCUT2D eigenvalue weighted by atomic mass is 10.2. The first kappa shape index (κ1) is 20.6. The molecule has 8 heteroatoms. The number of ether oxygens (including phenoxy) is 2. The van der Waals surface area contributed by atoms with Crippen LogP contribution in [0.25, 0.3) is 0 Å². The number of hydrogen-bond acceptors (Lipinski definition) is 6. The summed E-state index contributed by atoms with van der Waals surface area (Å²) in [5.41, 5.74) is 5.77. The van der Waals surface area contributed by atoms with Crippen molar-refractivity contribution in [2.24, 2.45) is 10.2 Å². The summed E-state index contributed by atoms with van der Waals surface area (Å²) in [7, 11) is 0. The van der Waals surface area contributed by atoms with Crippen LogP contribution in [0, 0.1) is 0 Å². The van der Waals surface area contributed by atoms with Crippen LogP contribution < -0.4 is 20.3 Å². The SMILES string of the molecule is CCOc1ccc(C=NNC(=O)C(=O)NN=Cc2ccc(OCC)cc2)cc1. The average molecular weight is 382 g/mol. The molecule has 28 heavy (non-hydrogen) atoms. The van der Waals surface area contributed by atoms with Crippen LogP contribution in [-0.4, -0.2) is 37.5 Å². The molecule has 2 N–H and O–H groups in total. The number of benzene rings is 2. The van der Waals surface area contributed by atoms with E-state index >= 15 is 0 Å². The Balaban J connectivity index is 1.78. The van der Waals surface area contributed by atoms with Gasteiger partial charge in [0.25, 0.3) is 0 Å². The molecule has 0 saturated heterocycles. The molecule has 0 bridgehead atoms. The Morgan fingerprint density at radius 1 is 0.750 bits per heavy atom. The quantitative estimate of drug-likeness (QED) is 0.415. The van der Waals surface area contributed by atoms with Crippen molar-refractivity contribution in [3.8, 4) is 11.5 Å². The summed E-state index contributed by atoms with van der Waals surface area (Å²) in [6.07, 6.45) is 2.84. The molecule has 0 aliphatic heterocycles. The molecule has 0 unspecified atom stereocenters. The Morgan fingerprint density at radius 3 is 1.43 bits per heavy atom. The van der Waals surface area contributed by atoms with Gasteiger partial charge in [-0.1, -0.05) is 0 Å². The van der Waals surface area contributed by atoms with Gasteiger partial charge in [-0.3, -0.25) is 9.59 Å². The van der Waals surface area contributed by atoms with Gasteiger partial charge >= 0.3 is 11.8 Å². The third kappa shape index (κ3) is 6.91. The predicted octanol–water partition coefficient (Wildman–Crippen LogP) is 2.08. The van der Waals surface area contributed by atoms with Crippen molar-refractivity contribution >= 4 is 24.2 Å². The van der Waals surface area contributed by atoms with Crippen LogP contribution in [0.3, 0.4) is 0 Å². The Kier molecular flexibility index (Phi) is 8.19. The first-order valence-corrected chi connectivity index (χ1v) is 8.74. The van der Waals surface area contributed by atoms with Gasteiger partial charge in [0.1, 0.15) is 11.5 Å². The number of hydrogen-bond donors (Lipinski definition) is 2. The summed E-state index contributed by atoms with van der Waals surface area (Å²) in [6, 6.07) is 14.3. The second-order valence-electron chi connectivity index (χ2n) is 5.40. The fourth-order valence-electron chi connectivity index (χ4n) is 2.07. The van der Waals surface area contributed by atoms with E-state index in [1.165, 1.54) is 12.4 Å². The van der Waals surface area contributed by atoms with Gasteiger partial charge in [0.15, 0.2) is 0 Å². The maximum absolute atomic E-state index is 11.7. The van der Waals surface area contributed by atoms with Crippen LogP contribution in [-0.2, 0) is 9.59 Å². The molecule has 0 heterocycles. The minimum absolute atomic E-state index is 0.583. The number of carbonyl (C=O) groups is 2. The van der Waals surface area contributed by atoms with Gasteiger partial charge in [-0.15, -0.1) is 0 Å². The Bertz CT molecular complexity index is 759. The maximum atomic E-state index is 11.7. The van der Waals surface area contributed by atoms with Crippen LogP contribution in [0.2, 0.25) is 0 Å². The van der Waals surface area contributed by atoms with Gasteiger partial charge in [-0.25, -0.2) is 10.9 Å². The molecule has 0 fully saturated rings. The Hall–Kier alpha value is -3.68. The van der Waals surface area contributed by atoms with E-state index in [2.05, 4.69) is 21.1 Å². The van der Waals surface area contributed by atoms with E-state index in [0.717, 1.165) is 22.6 Å². The van der Waals surface area contributed by atoms with Crippen LogP contribution in [0.15, 0.2) is 58.7 Å². The monoisotopic (exact) mass is 382 g/mol. The molecular formula is C20H22N4O4. The number of nitrogens with one attached hydrogen (secondary N) is 2. The summed E-state index contributed by atoms with van der Waals surface area (Å²) < 4.78 is 10.7. The third-order valence-corrected chi connectivity index (χ3v) is 3.35. The molecule has 0 aliphatic carbocycles. The molecule has 0 aliphatic rings. The van der Waals surface area contributed by atoms with E-state index < -0.39 is 11.8 Å². The highest BCUT2D eigenvalue weighted by Gasteiger charge is 2.10. The molecule has 146 valence electrons. The van der Waals surface area contributed by atoms with Gasteiger partial charge in [0, 0.05) is 0 Å². The van der Waals surface area contributed by atoms with Crippen molar-refractivity contribution in [2.45, 2.75) is 13.8 Å². The highest BCUT2D eigenvalue weighted by molar-refractivity contribution is 6.35. The van der Waals surface area contributed by atoms with Crippen LogP contribution in [0.4, 0.5) is 0 Å². The number of amides is 2. The smallest absolute Gasteiger partial charge is 0.331 e. The van der Waals surface area contributed by atoms with Gasteiger partial charge in [0.05, 0.1) is 25.6 Å². The second-order valence-corrected chi connectivity index (χ2v) is 5.40. The lowest BCUT2D eigenvalue weighted by Crippen LogP contribution is -2.35. The van der Waals surface area contributed by atoms with Gasteiger partial charge in [-0.2, -0.15) is 10.2 Å². The van der Waals surface area contributed by atoms with E-state index in [4.69, 9.17) is 9.47 Å². The fourth-order valence-corrected chi connectivity index (χ4v) is 2.07. The topological polar surface area (TPSA) is 101 Å². The van der Waals surface area contributed by atoms with Gasteiger partial charge in [-0.05, 0) is 73.5 Å². The summed E-state index contributed by atoms with van der Waals surface area (Å²) in [6.45, 7) is 4.97. The molecule has 8 nitrogen and oxygen atoms in total. The van der Waals surface area contributed by atoms with Gasteiger partial charge < -0.3 is 9.47 Å². The van der Waals surface area contributed by atoms with Crippen LogP contribution >= 0.6 is 0 Å². The molecule has 2 aromatic rings. The predicted molar refractivity (Wildman–Crippen MR) is 107 cm³/mol. The summed E-state index contributed by atoms with van der Waals surface area (Å²) in [5, 5.41) is 7.48. The first-order chi connectivity index (χ1) is 13.6. The molecule has 2 amide bonds. The molecule has 2 rings (SSSR count). The maximum Gasteiger partial charge on any atom is 0.331 e. The molecule has 0 spiro atoms. The molecule has 0 aromatic heterocycles. The minimum Gasteiger partial charge on any atom is -0.494 e. The first-order valence-electron chi connectivity index (χ1n) is 8.74. The molecular weight excluding hydrogens is 360 g/mol. The molecule has 0 atom stereocenters. The zero-order valence-corrected chi connectivity index (χ0v) is 15.7. The zero-order chi connectivity index (χ0) is 20.2. The number of rotatable bonds is 8. The number of carbonyl (C=O) groups excluding carboxylic acids is 2. The van der Waals surface area contributed by atoms with Crippen LogP contribution in [0.1, 0.15) is 25.0 Å². The van der Waals surface area contributed by atoms with E-state index in [9.17, 15) is 9.59 Å². The van der Waals surface area contributed by atoms with Crippen molar-refractivity contribution in [1.29, 1.82) is 0 Å². The van der Waals surface area contributed by atoms with Gasteiger partial charge in [0.2, 0.25) is 0 Å². The Labute approximate surface area is 163 Å². The van der Waals surface area contributed by atoms with Crippen molar-refractivity contribution in [2.75, 3.05) is 13.2 Å². The number of nitrogens with zero attached hydrogens (tertiary/aromatic N) is 2. The lowest BCUT2D eigenvalue weighted by Gasteiger charge is -2.02. The van der Waals surface area contributed by atoms with Crippen molar-refractivity contribution in [1.82, 2.24) is 10.9 Å². The van der Waals surface area contributed by atoms with Crippen molar-refractivity contribution in [3.05, 3.63) is 59.7 Å². The minimum atomic E-state index is -0.925. The van der Waals surface area contributed by atoms with E-state index in [1.807, 2.05) is 13.8 Å². The fraction of sp³-hybridized carbons (Fsp3) is 0.200. The van der Waals surface area contributed by atoms with E-state index in [-0.39, 0.29) is 0 Å². The standard InChI is InChI=1S/C20H22N4O4/c1-3-27-17-9-5-15(6-10-17)13-21-23-19(25)20(26)24-22-14-16-7-11-18(12-8-16)28-4-2/h5-14H,3-4H2,1-2H3,(H,23,25)(H,24,26). The summed E-state index contributed by atoms with van der Waals surface area (Å²) in [4.78, 5) is 23.4. The van der Waals surface area contributed by atoms with Crippen LogP contribution in [0.5, 0.6) is 11.5 Å². The lowest BCUT2D eigenvalue weighted by molar-refractivity contribution is -0.139. The second kappa shape index (κ2) is 11.1. The largest absolute Gasteiger partial charge is 0.494 e. The van der Waals surface area contributed by atoms with Crippen molar-refractivity contribution in [3.63, 3.8) is 0 Å². The van der Waals surface area contributed by atoms with Crippen molar-refractivity contribution < 1.29 is 19.1 Å². The highest BCUT2D eigenvalue weighted by Crippen LogP contribution is 2.11. The third-order valence-electron chi connectivity index (χ3n) is 3.35. The zero-order valence-electron chi connectivity index (χ0n) is 15.7. The summed E-state index contributed by atoms with van der Waals surface area (Å²) >= 11 is 0. The normalized spacial score (nSPS) is 10.8. The molecule has 2 aromatic carbocycles. The highest BCUT2D eigenvalue weighted by atomic mass is 16.5. The van der Waals surface area contributed by atoms with E-state index in [0.29, 0.717) is 13.2 Å². The average Bonchev–Trinajstić information content (AvgIpc) is 2.71.